The maximum Gasteiger partial charge on any atom is 0.338 e. The molecule has 0 aromatic rings. The van der Waals surface area contributed by atoms with Gasteiger partial charge >= 0.3 is 5.97 Å². The first-order chi connectivity index (χ1) is 11.1. The fraction of sp³-hybridized carbons (Fsp3) is 0.933. The third-order valence-corrected chi connectivity index (χ3v) is 5.16. The number of ether oxygens (including phenoxy) is 3. The Kier molecular flexibility index (Phi) is 5.61. The smallest absolute Gasteiger partial charge is 0.338 e. The van der Waals surface area contributed by atoms with Crippen LogP contribution in [-0.4, -0.2) is 62.1 Å². The number of carbonyl (C=O) groups is 1. The SMILES string of the molecule is CCOC(=O)[C@]1(O)C[C@H]2OC(CC)(CC)O[C@H]2[C@H](OS(C)(=O)=O)C1. The van der Waals surface area contributed by atoms with Crippen LogP contribution in [0.5, 0.6) is 0 Å². The molecule has 8 nitrogen and oxygen atoms in total. The lowest BCUT2D eigenvalue weighted by atomic mass is 9.80. The van der Waals surface area contributed by atoms with E-state index in [-0.39, 0.29) is 19.4 Å². The molecule has 0 bridgehead atoms. The predicted molar refractivity (Wildman–Crippen MR) is 83.6 cm³/mol. The summed E-state index contributed by atoms with van der Waals surface area (Å²) in [5, 5.41) is 10.7. The molecule has 2 fully saturated rings. The van der Waals surface area contributed by atoms with Gasteiger partial charge in [-0.3, -0.25) is 4.18 Å². The lowest BCUT2D eigenvalue weighted by molar-refractivity contribution is -0.183. The van der Waals surface area contributed by atoms with Crippen molar-refractivity contribution in [2.45, 2.75) is 76.2 Å². The van der Waals surface area contributed by atoms with Gasteiger partial charge in [-0.15, -0.1) is 0 Å². The van der Waals surface area contributed by atoms with Crippen molar-refractivity contribution in [1.82, 2.24) is 0 Å². The second kappa shape index (κ2) is 6.87. The van der Waals surface area contributed by atoms with Crippen LogP contribution in [0.1, 0.15) is 46.5 Å². The molecule has 4 atom stereocenters. The lowest BCUT2D eigenvalue weighted by Gasteiger charge is -2.39. The Morgan fingerprint density at radius 3 is 2.33 bits per heavy atom. The zero-order valence-electron chi connectivity index (χ0n) is 14.5. The van der Waals surface area contributed by atoms with Gasteiger partial charge in [0.25, 0.3) is 10.1 Å². The molecule has 1 saturated carbocycles. The van der Waals surface area contributed by atoms with Gasteiger partial charge in [0, 0.05) is 12.8 Å². The number of esters is 1. The first-order valence-corrected chi connectivity index (χ1v) is 10.0. The summed E-state index contributed by atoms with van der Waals surface area (Å²) in [6, 6.07) is 0. The van der Waals surface area contributed by atoms with E-state index in [2.05, 4.69) is 0 Å². The van der Waals surface area contributed by atoms with E-state index in [0.717, 1.165) is 6.26 Å². The molecule has 1 heterocycles. The van der Waals surface area contributed by atoms with E-state index in [1.54, 1.807) is 6.92 Å². The van der Waals surface area contributed by atoms with Gasteiger partial charge in [-0.1, -0.05) is 13.8 Å². The molecule has 1 saturated heterocycles. The summed E-state index contributed by atoms with van der Waals surface area (Å²) in [5.41, 5.74) is -1.87. The van der Waals surface area contributed by atoms with Crippen LogP contribution in [-0.2, 0) is 33.3 Å². The van der Waals surface area contributed by atoms with Gasteiger partial charge in [0.15, 0.2) is 11.4 Å². The number of aliphatic hydroxyl groups is 1. The van der Waals surface area contributed by atoms with Crippen LogP contribution in [0.2, 0.25) is 0 Å². The number of hydrogen-bond acceptors (Lipinski definition) is 8. The lowest BCUT2D eigenvalue weighted by Crippen LogP contribution is -2.56. The van der Waals surface area contributed by atoms with Crippen LogP contribution >= 0.6 is 0 Å². The molecular weight excluding hydrogens is 340 g/mol. The molecule has 0 aromatic carbocycles. The monoisotopic (exact) mass is 366 g/mol. The standard InChI is InChI=1S/C15H26O8S/c1-5-15(6-2)21-10-8-14(17,13(16)20-7-3)9-11(12(10)22-15)23-24(4,18)19/h10-12,17H,5-9H2,1-4H3/t10-,11-,12-,14+/m1/s1. The molecule has 0 unspecified atom stereocenters. The van der Waals surface area contributed by atoms with Crippen LogP contribution in [0, 0.1) is 0 Å². The van der Waals surface area contributed by atoms with Crippen molar-refractivity contribution in [3.8, 4) is 0 Å². The molecule has 0 aromatic heterocycles. The first kappa shape index (κ1) is 19.6. The van der Waals surface area contributed by atoms with Gasteiger partial charge in [0.05, 0.1) is 19.0 Å². The van der Waals surface area contributed by atoms with Crippen molar-refractivity contribution in [3.63, 3.8) is 0 Å². The van der Waals surface area contributed by atoms with E-state index in [0.29, 0.717) is 12.8 Å². The highest BCUT2D eigenvalue weighted by Gasteiger charge is 2.59. The van der Waals surface area contributed by atoms with E-state index in [4.69, 9.17) is 18.4 Å². The van der Waals surface area contributed by atoms with Crippen molar-refractivity contribution >= 4 is 16.1 Å². The maximum atomic E-state index is 12.1. The number of hydrogen-bond donors (Lipinski definition) is 1. The zero-order valence-corrected chi connectivity index (χ0v) is 15.3. The van der Waals surface area contributed by atoms with E-state index in [1.807, 2.05) is 13.8 Å². The zero-order chi connectivity index (χ0) is 18.2. The van der Waals surface area contributed by atoms with Crippen LogP contribution in [0.15, 0.2) is 0 Å². The summed E-state index contributed by atoms with van der Waals surface area (Å²) < 4.78 is 45.1. The molecular formula is C15H26O8S. The summed E-state index contributed by atoms with van der Waals surface area (Å²) in [7, 11) is -3.80. The Bertz CT molecular complexity index is 570. The van der Waals surface area contributed by atoms with Gasteiger partial charge in [-0.2, -0.15) is 8.42 Å². The van der Waals surface area contributed by atoms with Crippen molar-refractivity contribution in [1.29, 1.82) is 0 Å². The predicted octanol–water partition coefficient (Wildman–Crippen LogP) is 0.719. The maximum absolute atomic E-state index is 12.1. The molecule has 0 spiro atoms. The van der Waals surface area contributed by atoms with Gasteiger partial charge in [-0.05, 0) is 19.8 Å². The molecule has 0 radical (unpaired) electrons. The Labute approximate surface area is 142 Å². The molecule has 9 heteroatoms. The molecule has 1 aliphatic carbocycles. The van der Waals surface area contributed by atoms with Crippen LogP contribution in [0.3, 0.4) is 0 Å². The highest BCUT2D eigenvalue weighted by Crippen LogP contribution is 2.45. The fourth-order valence-corrected chi connectivity index (χ4v) is 3.99. The summed E-state index contributed by atoms with van der Waals surface area (Å²) in [5.74, 6) is -1.67. The molecule has 2 aliphatic rings. The van der Waals surface area contributed by atoms with Crippen LogP contribution in [0.4, 0.5) is 0 Å². The van der Waals surface area contributed by atoms with Gasteiger partial charge < -0.3 is 19.3 Å². The van der Waals surface area contributed by atoms with E-state index < -0.39 is 45.8 Å². The summed E-state index contributed by atoms with van der Waals surface area (Å²) in [6.07, 6.45) is -0.570. The average molecular weight is 366 g/mol. The Morgan fingerprint density at radius 2 is 1.83 bits per heavy atom. The van der Waals surface area contributed by atoms with Crippen LogP contribution in [0.25, 0.3) is 0 Å². The third-order valence-electron chi connectivity index (χ3n) is 4.56. The number of fused-ring (bicyclic) bond motifs is 1. The Morgan fingerprint density at radius 1 is 1.21 bits per heavy atom. The quantitative estimate of drug-likeness (QED) is 0.541. The second-order valence-corrected chi connectivity index (χ2v) is 7.96. The molecule has 0 amide bonds. The molecule has 1 aliphatic heterocycles. The summed E-state index contributed by atoms with van der Waals surface area (Å²) in [4.78, 5) is 12.1. The van der Waals surface area contributed by atoms with E-state index in [9.17, 15) is 18.3 Å². The Hall–Kier alpha value is -0.740. The largest absolute Gasteiger partial charge is 0.464 e. The van der Waals surface area contributed by atoms with Crippen molar-refractivity contribution < 1.29 is 36.7 Å². The van der Waals surface area contributed by atoms with Crippen molar-refractivity contribution in [2.24, 2.45) is 0 Å². The number of carbonyl (C=O) groups excluding carboxylic acids is 1. The normalized spacial score (nSPS) is 35.5. The fourth-order valence-electron chi connectivity index (χ4n) is 3.36. The first-order valence-electron chi connectivity index (χ1n) is 8.21. The minimum Gasteiger partial charge on any atom is -0.464 e. The van der Waals surface area contributed by atoms with E-state index >= 15 is 0 Å². The molecule has 1 N–H and O–H groups in total. The minimum absolute atomic E-state index is 0.0259. The average Bonchev–Trinajstić information content (AvgIpc) is 2.85. The van der Waals surface area contributed by atoms with Gasteiger partial charge in [-0.25, -0.2) is 4.79 Å². The van der Waals surface area contributed by atoms with Crippen molar-refractivity contribution in [2.75, 3.05) is 12.9 Å². The summed E-state index contributed by atoms with van der Waals surface area (Å²) >= 11 is 0. The second-order valence-electron chi connectivity index (χ2n) is 6.36. The molecule has 2 rings (SSSR count). The Balaban J connectivity index is 2.31. The highest BCUT2D eigenvalue weighted by atomic mass is 32.2. The van der Waals surface area contributed by atoms with Gasteiger partial charge in [0.2, 0.25) is 0 Å². The van der Waals surface area contributed by atoms with E-state index in [1.165, 1.54) is 0 Å². The minimum atomic E-state index is -3.80. The topological polar surface area (TPSA) is 108 Å². The third kappa shape index (κ3) is 3.91. The summed E-state index contributed by atoms with van der Waals surface area (Å²) in [6.45, 7) is 5.53. The highest BCUT2D eigenvalue weighted by molar-refractivity contribution is 7.86. The molecule has 24 heavy (non-hydrogen) atoms. The van der Waals surface area contributed by atoms with Gasteiger partial charge in [0.1, 0.15) is 12.2 Å². The molecule has 140 valence electrons. The van der Waals surface area contributed by atoms with Crippen molar-refractivity contribution in [3.05, 3.63) is 0 Å². The van der Waals surface area contributed by atoms with Crippen LogP contribution < -0.4 is 0 Å². The number of rotatable bonds is 6.